The van der Waals surface area contributed by atoms with Crippen LogP contribution in [0.1, 0.15) is 20.3 Å². The van der Waals surface area contributed by atoms with Crippen molar-refractivity contribution in [2.24, 2.45) is 0 Å². The van der Waals surface area contributed by atoms with Crippen LogP contribution in [0.2, 0.25) is 0 Å². The van der Waals surface area contributed by atoms with Gasteiger partial charge in [-0.1, -0.05) is 0 Å². The third-order valence-corrected chi connectivity index (χ3v) is 2.20. The van der Waals surface area contributed by atoms with E-state index in [1.165, 1.54) is 13.8 Å². The minimum atomic E-state index is -1.91. The number of rotatable bonds is 3. The van der Waals surface area contributed by atoms with Crippen LogP contribution in [-0.2, 0) is 9.53 Å². The highest BCUT2D eigenvalue weighted by atomic mass is 19.1. The number of carbonyl (C=O) groups excluding carboxylic acids is 1. The van der Waals surface area contributed by atoms with Crippen LogP contribution in [0.4, 0.5) is 4.39 Å². The van der Waals surface area contributed by atoms with Crippen LogP contribution >= 0.6 is 0 Å². The summed E-state index contributed by atoms with van der Waals surface area (Å²) in [6, 6.07) is 0. The van der Waals surface area contributed by atoms with Crippen molar-refractivity contribution in [2.75, 3.05) is 19.8 Å². The van der Waals surface area contributed by atoms with Gasteiger partial charge in [-0.05, 0) is 13.8 Å². The first-order chi connectivity index (χ1) is 6.33. The van der Waals surface area contributed by atoms with Crippen molar-refractivity contribution in [1.29, 1.82) is 0 Å². The van der Waals surface area contributed by atoms with Gasteiger partial charge < -0.3 is 15.2 Å². The zero-order chi connectivity index (χ0) is 10.8. The number of halogens is 1. The van der Waals surface area contributed by atoms with E-state index in [-0.39, 0.29) is 13.2 Å². The molecule has 1 unspecified atom stereocenters. The summed E-state index contributed by atoms with van der Waals surface area (Å²) in [4.78, 5) is 11.1. The van der Waals surface area contributed by atoms with Gasteiger partial charge in [-0.2, -0.15) is 0 Å². The molecule has 2 N–H and O–H groups in total. The summed E-state index contributed by atoms with van der Waals surface area (Å²) in [5, 5.41) is 12.1. The number of aliphatic hydroxyl groups is 1. The quantitative estimate of drug-likeness (QED) is 0.682. The van der Waals surface area contributed by atoms with E-state index < -0.39 is 17.2 Å². The molecule has 82 valence electrons. The summed E-state index contributed by atoms with van der Waals surface area (Å²) in [6.07, 6.45) is 0.472. The molecule has 0 aliphatic carbocycles. The van der Waals surface area contributed by atoms with Crippen LogP contribution in [0.25, 0.3) is 0 Å². The summed E-state index contributed by atoms with van der Waals surface area (Å²) >= 11 is 0. The Morgan fingerprint density at radius 2 is 2.36 bits per heavy atom. The van der Waals surface area contributed by atoms with Crippen LogP contribution in [0.15, 0.2) is 0 Å². The van der Waals surface area contributed by atoms with Gasteiger partial charge in [0.05, 0.1) is 6.61 Å². The molecule has 0 spiro atoms. The fourth-order valence-corrected chi connectivity index (χ4v) is 1.19. The summed E-state index contributed by atoms with van der Waals surface area (Å²) in [5.74, 6) is -0.710. The minimum Gasteiger partial charge on any atom is -0.386 e. The Balaban J connectivity index is 2.37. The normalized spacial score (nSPS) is 27.7. The molecule has 0 bridgehead atoms. The molecular weight excluding hydrogens is 189 g/mol. The van der Waals surface area contributed by atoms with Crippen molar-refractivity contribution in [3.63, 3.8) is 0 Å². The van der Waals surface area contributed by atoms with Crippen molar-refractivity contribution in [3.05, 3.63) is 0 Å². The number of hydrogen-bond acceptors (Lipinski definition) is 3. The average molecular weight is 205 g/mol. The number of nitrogens with one attached hydrogen (secondary N) is 1. The van der Waals surface area contributed by atoms with E-state index in [1.807, 2.05) is 0 Å². The molecule has 1 saturated heterocycles. The maximum absolute atomic E-state index is 13.1. The predicted molar refractivity (Wildman–Crippen MR) is 48.6 cm³/mol. The maximum Gasteiger partial charge on any atom is 0.257 e. The van der Waals surface area contributed by atoms with Gasteiger partial charge in [0.1, 0.15) is 5.60 Å². The Bertz CT molecular complexity index is 219. The maximum atomic E-state index is 13.1. The van der Waals surface area contributed by atoms with Gasteiger partial charge in [-0.15, -0.1) is 0 Å². The third kappa shape index (κ3) is 2.92. The molecular formula is C9H16FNO3. The molecule has 1 amide bonds. The van der Waals surface area contributed by atoms with Crippen molar-refractivity contribution in [3.8, 4) is 0 Å². The first-order valence-corrected chi connectivity index (χ1v) is 4.61. The molecule has 4 nitrogen and oxygen atoms in total. The van der Waals surface area contributed by atoms with Crippen LogP contribution in [-0.4, -0.2) is 42.0 Å². The van der Waals surface area contributed by atoms with Gasteiger partial charge in [0, 0.05) is 19.6 Å². The van der Waals surface area contributed by atoms with E-state index in [2.05, 4.69) is 5.32 Å². The molecule has 14 heavy (non-hydrogen) atoms. The van der Waals surface area contributed by atoms with E-state index in [4.69, 9.17) is 4.74 Å². The second-order valence-electron chi connectivity index (χ2n) is 4.18. The largest absolute Gasteiger partial charge is 0.386 e. The topological polar surface area (TPSA) is 58.6 Å². The molecule has 1 heterocycles. The molecule has 0 saturated carbocycles. The highest BCUT2D eigenvalue weighted by Crippen LogP contribution is 2.17. The van der Waals surface area contributed by atoms with Gasteiger partial charge >= 0.3 is 0 Å². The van der Waals surface area contributed by atoms with Crippen molar-refractivity contribution < 1.29 is 19.0 Å². The fourth-order valence-electron chi connectivity index (χ4n) is 1.19. The fraction of sp³-hybridized carbons (Fsp3) is 0.889. The minimum absolute atomic E-state index is 0.0409. The van der Waals surface area contributed by atoms with Gasteiger partial charge in [0.15, 0.2) is 5.67 Å². The zero-order valence-corrected chi connectivity index (χ0v) is 8.47. The van der Waals surface area contributed by atoms with E-state index in [0.29, 0.717) is 13.0 Å². The summed E-state index contributed by atoms with van der Waals surface area (Å²) < 4.78 is 18.0. The number of hydrogen-bond donors (Lipinski definition) is 2. The van der Waals surface area contributed by atoms with E-state index in [1.54, 1.807) is 0 Å². The molecule has 1 fully saturated rings. The first kappa shape index (κ1) is 11.4. The summed E-state index contributed by atoms with van der Waals surface area (Å²) in [5.41, 5.74) is -2.93. The van der Waals surface area contributed by atoms with Crippen molar-refractivity contribution >= 4 is 5.91 Å². The van der Waals surface area contributed by atoms with Gasteiger partial charge in [-0.25, -0.2) is 4.39 Å². The smallest absolute Gasteiger partial charge is 0.257 e. The van der Waals surface area contributed by atoms with Crippen molar-refractivity contribution in [1.82, 2.24) is 5.32 Å². The van der Waals surface area contributed by atoms with E-state index in [0.717, 1.165) is 0 Å². The van der Waals surface area contributed by atoms with Gasteiger partial charge in [0.25, 0.3) is 5.91 Å². The van der Waals surface area contributed by atoms with E-state index >= 15 is 0 Å². The van der Waals surface area contributed by atoms with Crippen LogP contribution in [0.3, 0.4) is 0 Å². The lowest BCUT2D eigenvalue weighted by Gasteiger charge is -2.22. The standard InChI is InChI=1S/C9H16FNO3/c1-8(2,10)7(12)11-5-9(13)3-4-14-6-9/h13H,3-6H2,1-2H3,(H,11,12). The molecule has 1 aliphatic heterocycles. The van der Waals surface area contributed by atoms with Gasteiger partial charge in [-0.3, -0.25) is 4.79 Å². The number of alkyl halides is 1. The third-order valence-electron chi connectivity index (χ3n) is 2.20. The SMILES string of the molecule is CC(C)(F)C(=O)NCC1(O)CCOC1. The zero-order valence-electron chi connectivity index (χ0n) is 8.47. The lowest BCUT2D eigenvalue weighted by Crippen LogP contribution is -2.48. The highest BCUT2D eigenvalue weighted by molar-refractivity contribution is 5.84. The molecule has 1 atom stereocenters. The number of ether oxygens (including phenoxy) is 1. The molecule has 0 aromatic carbocycles. The molecule has 1 aliphatic rings. The molecule has 0 aromatic rings. The van der Waals surface area contributed by atoms with Gasteiger partial charge in [0.2, 0.25) is 0 Å². The summed E-state index contributed by atoms with van der Waals surface area (Å²) in [7, 11) is 0. The Kier molecular flexibility index (Phi) is 3.11. The van der Waals surface area contributed by atoms with E-state index in [9.17, 15) is 14.3 Å². The van der Waals surface area contributed by atoms with Crippen LogP contribution in [0, 0.1) is 0 Å². The second kappa shape index (κ2) is 3.82. The lowest BCUT2D eigenvalue weighted by atomic mass is 10.0. The molecule has 0 radical (unpaired) electrons. The Labute approximate surface area is 82.4 Å². The van der Waals surface area contributed by atoms with Crippen LogP contribution in [0.5, 0.6) is 0 Å². The molecule has 0 aromatic heterocycles. The summed E-state index contributed by atoms with van der Waals surface area (Å²) in [6.45, 7) is 3.07. The van der Waals surface area contributed by atoms with Crippen LogP contribution < -0.4 is 5.32 Å². The Hall–Kier alpha value is -0.680. The molecule has 1 rings (SSSR count). The second-order valence-corrected chi connectivity index (χ2v) is 4.18. The lowest BCUT2D eigenvalue weighted by molar-refractivity contribution is -0.132. The molecule has 5 heteroatoms. The average Bonchev–Trinajstić information content (AvgIpc) is 2.47. The number of carbonyl (C=O) groups is 1. The first-order valence-electron chi connectivity index (χ1n) is 4.61. The predicted octanol–water partition coefficient (Wildman–Crippen LogP) is 0.00210. The highest BCUT2D eigenvalue weighted by Gasteiger charge is 2.34. The monoisotopic (exact) mass is 205 g/mol. The number of amides is 1. The van der Waals surface area contributed by atoms with Crippen molar-refractivity contribution in [2.45, 2.75) is 31.5 Å². The Morgan fingerprint density at radius 1 is 1.71 bits per heavy atom. The Morgan fingerprint density at radius 3 is 2.79 bits per heavy atom.